The van der Waals surface area contributed by atoms with E-state index in [9.17, 15) is 14.7 Å². The highest BCUT2D eigenvalue weighted by Crippen LogP contribution is 2.22. The highest BCUT2D eigenvalue weighted by atomic mass is 35.5. The third-order valence-corrected chi connectivity index (χ3v) is 5.68. The molecule has 0 saturated carbocycles. The summed E-state index contributed by atoms with van der Waals surface area (Å²) in [5, 5.41) is 15.0. The number of para-hydroxylation sites is 2. The van der Waals surface area contributed by atoms with Crippen molar-refractivity contribution in [2.45, 2.75) is 5.16 Å². The fourth-order valence-electron chi connectivity index (χ4n) is 2.96. The van der Waals surface area contributed by atoms with Crippen LogP contribution in [-0.2, 0) is 4.79 Å². The lowest BCUT2D eigenvalue weighted by molar-refractivity contribution is -0.118. The van der Waals surface area contributed by atoms with Crippen LogP contribution < -0.4 is 11.0 Å². The van der Waals surface area contributed by atoms with Gasteiger partial charge >= 0.3 is 0 Å². The molecule has 1 amide bonds. The second-order valence-electron chi connectivity index (χ2n) is 6.67. The van der Waals surface area contributed by atoms with Crippen LogP contribution in [0.3, 0.4) is 0 Å². The average Bonchev–Trinajstić information content (AvgIpc) is 2.80. The first-order valence-electron chi connectivity index (χ1n) is 9.53. The van der Waals surface area contributed by atoms with Gasteiger partial charge in [0.2, 0.25) is 0 Å². The van der Waals surface area contributed by atoms with Gasteiger partial charge in [0.1, 0.15) is 5.75 Å². The van der Waals surface area contributed by atoms with Crippen molar-refractivity contribution >= 4 is 46.4 Å². The van der Waals surface area contributed by atoms with Crippen molar-refractivity contribution in [3.8, 4) is 11.4 Å². The number of fused-ring (bicyclic) bond motifs is 1. The topological polar surface area (TPSA) is 96.6 Å². The van der Waals surface area contributed by atoms with E-state index in [4.69, 9.17) is 11.6 Å². The van der Waals surface area contributed by atoms with Crippen LogP contribution in [0.15, 0.2) is 87.8 Å². The molecule has 0 aliphatic heterocycles. The predicted molar refractivity (Wildman–Crippen MR) is 127 cm³/mol. The van der Waals surface area contributed by atoms with Crippen molar-refractivity contribution in [3.05, 3.63) is 93.7 Å². The smallest absolute Gasteiger partial charge is 0.266 e. The van der Waals surface area contributed by atoms with Gasteiger partial charge < -0.3 is 5.11 Å². The predicted octanol–water partition coefficient (Wildman–Crippen LogP) is 3.99. The largest absolute Gasteiger partial charge is 0.507 e. The van der Waals surface area contributed by atoms with Crippen LogP contribution in [0, 0.1) is 0 Å². The molecule has 0 atom stereocenters. The lowest BCUT2D eigenvalue weighted by Crippen LogP contribution is -2.24. The maximum absolute atomic E-state index is 13.2. The molecule has 4 aromatic rings. The number of phenolic OH excluding ortho intramolecular Hbond substituents is 1. The number of rotatable bonds is 6. The Morgan fingerprint density at radius 2 is 1.81 bits per heavy atom. The number of aromatic nitrogens is 2. The summed E-state index contributed by atoms with van der Waals surface area (Å²) in [5.74, 6) is -0.338. The minimum Gasteiger partial charge on any atom is -0.507 e. The summed E-state index contributed by atoms with van der Waals surface area (Å²) in [5.41, 5.74) is 3.80. The van der Waals surface area contributed by atoms with Gasteiger partial charge in [0.25, 0.3) is 11.5 Å². The van der Waals surface area contributed by atoms with E-state index in [1.54, 1.807) is 66.7 Å². The van der Waals surface area contributed by atoms with Crippen molar-refractivity contribution in [2.75, 3.05) is 5.75 Å². The number of hydrogen-bond acceptors (Lipinski definition) is 6. The molecule has 2 N–H and O–H groups in total. The molecule has 0 saturated heterocycles. The number of benzene rings is 3. The van der Waals surface area contributed by atoms with Crippen molar-refractivity contribution in [2.24, 2.45) is 5.10 Å². The number of hydrogen-bond donors (Lipinski definition) is 2. The molecule has 32 heavy (non-hydrogen) atoms. The van der Waals surface area contributed by atoms with E-state index >= 15 is 0 Å². The van der Waals surface area contributed by atoms with E-state index in [1.807, 2.05) is 0 Å². The summed E-state index contributed by atoms with van der Waals surface area (Å²) < 4.78 is 1.46. The van der Waals surface area contributed by atoms with Gasteiger partial charge in [0.05, 0.1) is 28.6 Å². The maximum atomic E-state index is 13.2. The first-order valence-corrected chi connectivity index (χ1v) is 10.9. The molecule has 160 valence electrons. The molecular formula is C23H17ClN4O3S. The van der Waals surface area contributed by atoms with Crippen LogP contribution in [0.5, 0.6) is 5.75 Å². The van der Waals surface area contributed by atoms with Crippen molar-refractivity contribution in [1.29, 1.82) is 0 Å². The van der Waals surface area contributed by atoms with Gasteiger partial charge in [-0.3, -0.25) is 14.2 Å². The van der Waals surface area contributed by atoms with Crippen LogP contribution in [0.4, 0.5) is 0 Å². The number of carbonyl (C=O) groups excluding carboxylic acids is 1. The number of phenols is 1. The highest BCUT2D eigenvalue weighted by molar-refractivity contribution is 7.99. The van der Waals surface area contributed by atoms with E-state index in [2.05, 4.69) is 15.5 Å². The molecule has 9 heteroatoms. The molecule has 0 radical (unpaired) electrons. The SMILES string of the molecule is O=C(CSc1nc2ccccc2c(=O)n1-c1ccc(Cl)cc1)N/N=C/c1ccccc1O. The Hall–Kier alpha value is -3.62. The Labute approximate surface area is 192 Å². The minimum atomic E-state index is -0.383. The molecule has 3 aromatic carbocycles. The first kappa shape index (κ1) is 21.6. The number of thioether (sulfide) groups is 1. The van der Waals surface area contributed by atoms with E-state index in [0.29, 0.717) is 32.3 Å². The standard InChI is InChI=1S/C23H17ClN4O3S/c24-16-9-11-17(12-10-16)28-22(31)18-6-2-3-7-19(18)26-23(28)32-14-21(30)27-25-13-15-5-1-4-8-20(15)29/h1-13,29H,14H2,(H,27,30)/b25-13+. The molecule has 4 rings (SSSR count). The Bertz CT molecular complexity index is 1370. The number of nitrogens with zero attached hydrogens (tertiary/aromatic N) is 3. The molecule has 0 aliphatic rings. The Morgan fingerprint density at radius 1 is 1.09 bits per heavy atom. The Morgan fingerprint density at radius 3 is 2.59 bits per heavy atom. The van der Waals surface area contributed by atoms with E-state index < -0.39 is 0 Å². The lowest BCUT2D eigenvalue weighted by atomic mass is 10.2. The molecular weight excluding hydrogens is 448 g/mol. The number of halogens is 1. The van der Waals surface area contributed by atoms with Crippen molar-refractivity contribution in [3.63, 3.8) is 0 Å². The van der Waals surface area contributed by atoms with Crippen LogP contribution in [-0.4, -0.2) is 32.5 Å². The fraction of sp³-hybridized carbons (Fsp3) is 0.0435. The minimum absolute atomic E-state index is 0.0174. The van der Waals surface area contributed by atoms with Gasteiger partial charge in [-0.15, -0.1) is 0 Å². The number of amides is 1. The van der Waals surface area contributed by atoms with Crippen LogP contribution >= 0.6 is 23.4 Å². The summed E-state index contributed by atoms with van der Waals surface area (Å²) >= 11 is 7.10. The summed E-state index contributed by atoms with van der Waals surface area (Å²) in [7, 11) is 0. The van der Waals surface area contributed by atoms with Crippen LogP contribution in [0.1, 0.15) is 5.56 Å². The summed E-state index contributed by atoms with van der Waals surface area (Å²) in [6, 6.07) is 20.5. The lowest BCUT2D eigenvalue weighted by Gasteiger charge is -2.13. The highest BCUT2D eigenvalue weighted by Gasteiger charge is 2.14. The fourth-order valence-corrected chi connectivity index (χ4v) is 3.89. The van der Waals surface area contributed by atoms with Gasteiger partial charge in [-0.1, -0.05) is 47.6 Å². The molecule has 7 nitrogen and oxygen atoms in total. The maximum Gasteiger partial charge on any atom is 0.266 e. The third kappa shape index (κ3) is 4.82. The van der Waals surface area contributed by atoms with E-state index in [0.717, 1.165) is 11.8 Å². The third-order valence-electron chi connectivity index (χ3n) is 4.49. The second-order valence-corrected chi connectivity index (χ2v) is 8.05. The van der Waals surface area contributed by atoms with Gasteiger partial charge in [0, 0.05) is 10.6 Å². The first-order chi connectivity index (χ1) is 15.5. The average molecular weight is 465 g/mol. The zero-order valence-electron chi connectivity index (χ0n) is 16.6. The Kier molecular flexibility index (Phi) is 6.53. The number of nitrogens with one attached hydrogen (secondary N) is 1. The zero-order chi connectivity index (χ0) is 22.5. The van der Waals surface area contributed by atoms with E-state index in [1.165, 1.54) is 16.8 Å². The quantitative estimate of drug-likeness (QED) is 0.195. The second kappa shape index (κ2) is 9.67. The van der Waals surface area contributed by atoms with Gasteiger partial charge in [-0.2, -0.15) is 5.10 Å². The molecule has 0 unspecified atom stereocenters. The molecule has 1 heterocycles. The summed E-state index contributed by atoms with van der Waals surface area (Å²) in [4.78, 5) is 30.0. The van der Waals surface area contributed by atoms with Crippen molar-refractivity contribution < 1.29 is 9.90 Å². The molecule has 0 spiro atoms. The normalized spacial score (nSPS) is 11.2. The van der Waals surface area contributed by atoms with Gasteiger partial charge in [0.15, 0.2) is 5.16 Å². The number of aromatic hydroxyl groups is 1. The number of carbonyl (C=O) groups is 1. The molecule has 0 bridgehead atoms. The zero-order valence-corrected chi connectivity index (χ0v) is 18.2. The van der Waals surface area contributed by atoms with Crippen LogP contribution in [0.25, 0.3) is 16.6 Å². The molecule has 0 fully saturated rings. The van der Waals surface area contributed by atoms with Gasteiger partial charge in [-0.25, -0.2) is 10.4 Å². The molecule has 0 aliphatic carbocycles. The van der Waals surface area contributed by atoms with E-state index in [-0.39, 0.29) is 23.0 Å². The number of hydrazone groups is 1. The summed E-state index contributed by atoms with van der Waals surface area (Å²) in [6.45, 7) is 0. The monoisotopic (exact) mass is 464 g/mol. The van der Waals surface area contributed by atoms with Gasteiger partial charge in [-0.05, 0) is 48.5 Å². The Balaban J connectivity index is 1.57. The summed E-state index contributed by atoms with van der Waals surface area (Å²) in [6.07, 6.45) is 1.36. The van der Waals surface area contributed by atoms with Crippen LogP contribution in [0.2, 0.25) is 5.02 Å². The molecule has 1 aromatic heterocycles. The van der Waals surface area contributed by atoms with Crippen molar-refractivity contribution in [1.82, 2.24) is 15.0 Å².